The van der Waals surface area contributed by atoms with Crippen molar-refractivity contribution in [3.63, 3.8) is 0 Å². The van der Waals surface area contributed by atoms with Gasteiger partial charge in [-0.05, 0) is 43.9 Å². The number of benzene rings is 1. The standard InChI is InChI=1S/C14H20BrNO/c1-3-17-13-7-12(8-13)16-9-11-5-4-10(2)14(15)6-11/h4-6,12-13,16H,3,7-9H2,1-2H3. The quantitative estimate of drug-likeness (QED) is 0.899. The summed E-state index contributed by atoms with van der Waals surface area (Å²) in [5, 5.41) is 3.57. The highest BCUT2D eigenvalue weighted by Gasteiger charge is 2.28. The van der Waals surface area contributed by atoms with Crippen molar-refractivity contribution < 1.29 is 4.74 Å². The third-order valence-electron chi connectivity index (χ3n) is 3.33. The molecule has 2 nitrogen and oxygen atoms in total. The highest BCUT2D eigenvalue weighted by atomic mass is 79.9. The van der Waals surface area contributed by atoms with Crippen LogP contribution in [0.2, 0.25) is 0 Å². The molecule has 0 bridgehead atoms. The maximum Gasteiger partial charge on any atom is 0.0604 e. The van der Waals surface area contributed by atoms with E-state index in [1.54, 1.807) is 0 Å². The molecule has 0 heterocycles. The summed E-state index contributed by atoms with van der Waals surface area (Å²) in [6.07, 6.45) is 2.80. The summed E-state index contributed by atoms with van der Waals surface area (Å²) in [6.45, 7) is 5.95. The molecule has 0 saturated heterocycles. The van der Waals surface area contributed by atoms with Crippen molar-refractivity contribution in [2.75, 3.05) is 6.61 Å². The molecule has 1 N–H and O–H groups in total. The summed E-state index contributed by atoms with van der Waals surface area (Å²) >= 11 is 3.57. The van der Waals surface area contributed by atoms with E-state index in [0.29, 0.717) is 12.1 Å². The second-order valence-electron chi connectivity index (χ2n) is 4.71. The van der Waals surface area contributed by atoms with Gasteiger partial charge in [0.25, 0.3) is 0 Å². The van der Waals surface area contributed by atoms with Gasteiger partial charge < -0.3 is 10.1 Å². The molecule has 1 saturated carbocycles. The molecule has 1 aliphatic carbocycles. The van der Waals surface area contributed by atoms with Crippen LogP contribution in [0.25, 0.3) is 0 Å². The van der Waals surface area contributed by atoms with Crippen LogP contribution in [0.15, 0.2) is 22.7 Å². The zero-order valence-electron chi connectivity index (χ0n) is 10.5. The highest BCUT2D eigenvalue weighted by molar-refractivity contribution is 9.10. The largest absolute Gasteiger partial charge is 0.378 e. The van der Waals surface area contributed by atoms with Crippen LogP contribution in [0.5, 0.6) is 0 Å². The third-order valence-corrected chi connectivity index (χ3v) is 4.18. The van der Waals surface area contributed by atoms with Gasteiger partial charge >= 0.3 is 0 Å². The lowest BCUT2D eigenvalue weighted by Crippen LogP contribution is -2.45. The Morgan fingerprint density at radius 1 is 1.41 bits per heavy atom. The van der Waals surface area contributed by atoms with Gasteiger partial charge in [-0.25, -0.2) is 0 Å². The van der Waals surface area contributed by atoms with Crippen LogP contribution in [0.3, 0.4) is 0 Å². The second-order valence-corrected chi connectivity index (χ2v) is 5.56. The van der Waals surface area contributed by atoms with Gasteiger partial charge in [-0.2, -0.15) is 0 Å². The van der Waals surface area contributed by atoms with Gasteiger partial charge in [-0.1, -0.05) is 28.1 Å². The van der Waals surface area contributed by atoms with Crippen molar-refractivity contribution >= 4 is 15.9 Å². The molecule has 1 aromatic rings. The van der Waals surface area contributed by atoms with Crippen LogP contribution in [0.1, 0.15) is 30.9 Å². The van der Waals surface area contributed by atoms with Crippen LogP contribution < -0.4 is 5.32 Å². The van der Waals surface area contributed by atoms with E-state index in [4.69, 9.17) is 4.74 Å². The Bertz CT molecular complexity index is 374. The monoisotopic (exact) mass is 297 g/mol. The predicted octanol–water partition coefficient (Wildman–Crippen LogP) is 3.41. The lowest BCUT2D eigenvalue weighted by molar-refractivity contribution is -0.0102. The molecular weight excluding hydrogens is 278 g/mol. The van der Waals surface area contributed by atoms with E-state index in [1.165, 1.54) is 15.6 Å². The fourth-order valence-electron chi connectivity index (χ4n) is 2.11. The maximum atomic E-state index is 5.55. The van der Waals surface area contributed by atoms with Gasteiger partial charge in [0.1, 0.15) is 0 Å². The van der Waals surface area contributed by atoms with Crippen molar-refractivity contribution in [2.45, 2.75) is 45.4 Å². The molecule has 0 aliphatic heterocycles. The number of rotatable bonds is 5. The molecule has 3 heteroatoms. The van der Waals surface area contributed by atoms with Crippen LogP contribution in [-0.4, -0.2) is 18.8 Å². The third kappa shape index (κ3) is 3.54. The molecule has 1 aromatic carbocycles. The average Bonchev–Trinajstić information content (AvgIpc) is 2.26. The molecule has 0 spiro atoms. The maximum absolute atomic E-state index is 5.55. The van der Waals surface area contributed by atoms with Crippen molar-refractivity contribution in [1.82, 2.24) is 5.32 Å². The first kappa shape index (κ1) is 13.1. The number of nitrogens with one attached hydrogen (secondary N) is 1. The SMILES string of the molecule is CCOC1CC(NCc2ccc(C)c(Br)c2)C1. The summed E-state index contributed by atoms with van der Waals surface area (Å²) < 4.78 is 6.74. The van der Waals surface area contributed by atoms with Gasteiger partial charge in [-0.15, -0.1) is 0 Å². The van der Waals surface area contributed by atoms with E-state index in [-0.39, 0.29) is 0 Å². The molecule has 94 valence electrons. The molecule has 1 fully saturated rings. The number of aryl methyl sites for hydroxylation is 1. The Morgan fingerprint density at radius 2 is 2.18 bits per heavy atom. The van der Waals surface area contributed by atoms with E-state index >= 15 is 0 Å². The van der Waals surface area contributed by atoms with Gasteiger partial charge in [-0.3, -0.25) is 0 Å². The Kier molecular flexibility index (Phi) is 4.60. The zero-order chi connectivity index (χ0) is 12.3. The summed E-state index contributed by atoms with van der Waals surface area (Å²) in [7, 11) is 0. The number of ether oxygens (including phenoxy) is 1. The van der Waals surface area contributed by atoms with E-state index in [1.807, 2.05) is 0 Å². The lowest BCUT2D eigenvalue weighted by atomic mass is 9.89. The number of hydrogen-bond acceptors (Lipinski definition) is 2. The normalized spacial score (nSPS) is 23.5. The van der Waals surface area contributed by atoms with Gasteiger partial charge in [0.2, 0.25) is 0 Å². The molecule has 0 radical (unpaired) electrons. The topological polar surface area (TPSA) is 21.3 Å². The van der Waals surface area contributed by atoms with Crippen molar-refractivity contribution in [1.29, 1.82) is 0 Å². The molecule has 0 unspecified atom stereocenters. The number of halogens is 1. The van der Waals surface area contributed by atoms with Gasteiger partial charge in [0.15, 0.2) is 0 Å². The zero-order valence-corrected chi connectivity index (χ0v) is 12.1. The molecule has 0 aromatic heterocycles. The van der Waals surface area contributed by atoms with Crippen LogP contribution in [-0.2, 0) is 11.3 Å². The Balaban J connectivity index is 1.74. The van der Waals surface area contributed by atoms with Crippen molar-refractivity contribution in [3.8, 4) is 0 Å². The summed E-state index contributed by atoms with van der Waals surface area (Å²) in [5.41, 5.74) is 2.62. The minimum absolute atomic E-state index is 0.488. The van der Waals surface area contributed by atoms with Crippen LogP contribution in [0.4, 0.5) is 0 Å². The highest BCUT2D eigenvalue weighted by Crippen LogP contribution is 2.24. The number of hydrogen-bond donors (Lipinski definition) is 1. The average molecular weight is 298 g/mol. The second kappa shape index (κ2) is 5.98. The van der Waals surface area contributed by atoms with Crippen LogP contribution >= 0.6 is 15.9 Å². The summed E-state index contributed by atoms with van der Waals surface area (Å²) in [6, 6.07) is 7.17. The molecule has 2 rings (SSSR count). The Hall–Kier alpha value is -0.380. The first-order valence-electron chi connectivity index (χ1n) is 6.29. The fraction of sp³-hybridized carbons (Fsp3) is 0.571. The van der Waals surface area contributed by atoms with Gasteiger partial charge in [0.05, 0.1) is 6.10 Å². The molecule has 0 atom stereocenters. The summed E-state index contributed by atoms with van der Waals surface area (Å²) in [5.74, 6) is 0. The Morgan fingerprint density at radius 3 is 2.82 bits per heavy atom. The van der Waals surface area contributed by atoms with E-state index in [0.717, 1.165) is 26.0 Å². The molecular formula is C14H20BrNO. The van der Waals surface area contributed by atoms with Crippen molar-refractivity contribution in [2.24, 2.45) is 0 Å². The summed E-state index contributed by atoms with van der Waals surface area (Å²) in [4.78, 5) is 0. The predicted molar refractivity (Wildman–Crippen MR) is 74.2 cm³/mol. The molecule has 1 aliphatic rings. The first-order chi connectivity index (χ1) is 8.19. The molecule has 0 amide bonds. The lowest BCUT2D eigenvalue weighted by Gasteiger charge is -2.35. The molecule has 17 heavy (non-hydrogen) atoms. The fourth-order valence-corrected chi connectivity index (χ4v) is 2.54. The Labute approximate surface area is 112 Å². The van der Waals surface area contributed by atoms with E-state index in [9.17, 15) is 0 Å². The van der Waals surface area contributed by atoms with E-state index < -0.39 is 0 Å². The van der Waals surface area contributed by atoms with Crippen LogP contribution in [0, 0.1) is 6.92 Å². The minimum Gasteiger partial charge on any atom is -0.378 e. The smallest absolute Gasteiger partial charge is 0.0604 e. The van der Waals surface area contributed by atoms with E-state index in [2.05, 4.69) is 53.3 Å². The minimum atomic E-state index is 0.488. The van der Waals surface area contributed by atoms with Gasteiger partial charge in [0, 0.05) is 23.7 Å². The van der Waals surface area contributed by atoms with Crippen molar-refractivity contribution in [3.05, 3.63) is 33.8 Å². The first-order valence-corrected chi connectivity index (χ1v) is 7.08.